The minimum absolute atomic E-state index is 0. The molecule has 0 unspecified atom stereocenters. The minimum Gasteiger partial charge on any atom is -0.454 e. The maximum Gasteiger partial charge on any atom is 0.416 e. The third-order valence-corrected chi connectivity index (χ3v) is 5.07. The highest BCUT2D eigenvalue weighted by atomic mass is 35.5. The summed E-state index contributed by atoms with van der Waals surface area (Å²) in [6.07, 6.45) is -3.32. The maximum atomic E-state index is 13.2. The van der Waals surface area contributed by atoms with Crippen LogP contribution in [0.15, 0.2) is 47.5 Å². The third kappa shape index (κ3) is 4.51. The van der Waals surface area contributed by atoms with Crippen LogP contribution in [-0.4, -0.2) is 48.4 Å². The smallest absolute Gasteiger partial charge is 0.416 e. The Morgan fingerprint density at radius 3 is 2.41 bits per heavy atom. The number of hydrogen-bond acceptors (Lipinski definition) is 4. The number of aliphatic imine (C=N–C) groups is 1. The maximum absolute atomic E-state index is 13.2. The van der Waals surface area contributed by atoms with E-state index in [2.05, 4.69) is 21.7 Å². The molecule has 4 rings (SSSR count). The van der Waals surface area contributed by atoms with E-state index in [0.29, 0.717) is 17.3 Å². The Kier molecular flexibility index (Phi) is 6.39. The number of piperazine rings is 1. The van der Waals surface area contributed by atoms with Gasteiger partial charge in [0.05, 0.1) is 11.1 Å². The van der Waals surface area contributed by atoms with Crippen LogP contribution in [0.25, 0.3) is 0 Å². The van der Waals surface area contributed by atoms with Crippen LogP contribution in [0.3, 0.4) is 0 Å². The number of amidine groups is 1. The molecule has 2 aromatic carbocycles. The van der Waals surface area contributed by atoms with Gasteiger partial charge in [-0.25, -0.2) is 4.99 Å². The van der Waals surface area contributed by atoms with Crippen molar-refractivity contribution >= 4 is 23.9 Å². The highest BCUT2D eigenvalue weighted by Gasteiger charge is 2.32. The Hall–Kier alpha value is -2.25. The van der Waals surface area contributed by atoms with Gasteiger partial charge in [0.2, 0.25) is 0 Å². The van der Waals surface area contributed by atoms with Gasteiger partial charge in [0.1, 0.15) is 17.3 Å². The molecule has 2 aromatic rings. The molecule has 0 amide bonds. The van der Waals surface area contributed by atoms with Crippen molar-refractivity contribution in [2.75, 3.05) is 32.7 Å². The van der Waals surface area contributed by atoms with Crippen molar-refractivity contribution in [3.8, 4) is 11.5 Å². The van der Waals surface area contributed by atoms with Gasteiger partial charge in [0.15, 0.2) is 5.75 Å². The van der Waals surface area contributed by atoms with Gasteiger partial charge in [-0.2, -0.15) is 13.2 Å². The van der Waals surface area contributed by atoms with Crippen molar-refractivity contribution in [3.05, 3.63) is 53.6 Å². The summed E-state index contributed by atoms with van der Waals surface area (Å²) in [5.74, 6) is 1.61. The summed E-state index contributed by atoms with van der Waals surface area (Å²) in [5, 5.41) is 0. The average Bonchev–Trinajstić information content (AvgIpc) is 2.84. The topological polar surface area (TPSA) is 28.1 Å². The zero-order chi connectivity index (χ0) is 19.7. The van der Waals surface area contributed by atoms with Gasteiger partial charge in [-0.15, -0.1) is 12.4 Å². The highest BCUT2D eigenvalue weighted by molar-refractivity contribution is 6.03. The van der Waals surface area contributed by atoms with E-state index in [-0.39, 0.29) is 18.1 Å². The predicted molar refractivity (Wildman–Crippen MR) is 110 cm³/mol. The summed E-state index contributed by atoms with van der Waals surface area (Å²) in [4.78, 5) is 9.19. The number of nitrogens with zero attached hydrogens (tertiary/aromatic N) is 3. The number of alkyl halides is 3. The van der Waals surface area contributed by atoms with Crippen LogP contribution in [0.4, 0.5) is 18.9 Å². The van der Waals surface area contributed by atoms with Crippen LogP contribution >= 0.6 is 12.4 Å². The predicted octanol–water partition coefficient (Wildman–Crippen LogP) is 5.34. The first-order valence-corrected chi connectivity index (χ1v) is 9.50. The molecule has 2 heterocycles. The molecule has 0 aromatic heterocycles. The zero-order valence-corrected chi connectivity index (χ0v) is 16.9. The van der Waals surface area contributed by atoms with Crippen LogP contribution in [0.5, 0.6) is 11.5 Å². The van der Waals surface area contributed by atoms with E-state index in [1.165, 1.54) is 6.07 Å². The van der Waals surface area contributed by atoms with Crippen molar-refractivity contribution in [2.45, 2.75) is 19.5 Å². The van der Waals surface area contributed by atoms with Crippen LogP contribution in [0.2, 0.25) is 0 Å². The quantitative estimate of drug-likeness (QED) is 0.650. The molecule has 0 aliphatic carbocycles. The first-order chi connectivity index (χ1) is 13.5. The SMILES string of the molecule is CCCN1CCN(C2=Nc3cc(C(F)(F)F)ccc3Oc3ccccc32)CC1.Cl. The summed E-state index contributed by atoms with van der Waals surface area (Å²) in [7, 11) is 0. The van der Waals surface area contributed by atoms with E-state index >= 15 is 0 Å². The van der Waals surface area contributed by atoms with Crippen LogP contribution in [0, 0.1) is 0 Å². The molecule has 29 heavy (non-hydrogen) atoms. The number of ether oxygens (including phenoxy) is 1. The lowest BCUT2D eigenvalue weighted by atomic mass is 10.1. The Balaban J connectivity index is 0.00000240. The molecule has 0 atom stereocenters. The van der Waals surface area contributed by atoms with Crippen molar-refractivity contribution < 1.29 is 17.9 Å². The molecule has 0 radical (unpaired) electrons. The molecule has 0 spiro atoms. The Morgan fingerprint density at radius 2 is 1.72 bits per heavy atom. The number of halogens is 4. The molecule has 2 aliphatic rings. The lowest BCUT2D eigenvalue weighted by Crippen LogP contribution is -2.49. The van der Waals surface area contributed by atoms with E-state index in [4.69, 9.17) is 4.74 Å². The fraction of sp³-hybridized carbons (Fsp3) is 0.381. The van der Waals surface area contributed by atoms with Gasteiger partial charge in [-0.1, -0.05) is 19.1 Å². The van der Waals surface area contributed by atoms with E-state index in [9.17, 15) is 13.2 Å². The standard InChI is InChI=1S/C21H22F3N3O.ClH/c1-2-9-26-10-12-27(13-11-26)20-16-5-3-4-6-18(16)28-19-8-7-15(21(22,23)24)14-17(19)25-20;/h3-8,14H,2,9-13H2,1H3;1H. The molecule has 1 saturated heterocycles. The van der Waals surface area contributed by atoms with Crippen molar-refractivity contribution in [1.29, 1.82) is 0 Å². The average molecular weight is 426 g/mol. The van der Waals surface area contributed by atoms with Gasteiger partial charge in [-0.3, -0.25) is 4.90 Å². The monoisotopic (exact) mass is 425 g/mol. The second kappa shape index (κ2) is 8.63. The fourth-order valence-corrected chi connectivity index (χ4v) is 3.64. The fourth-order valence-electron chi connectivity index (χ4n) is 3.64. The van der Waals surface area contributed by atoms with E-state index in [0.717, 1.165) is 56.8 Å². The van der Waals surface area contributed by atoms with Crippen LogP contribution < -0.4 is 4.74 Å². The number of benzene rings is 2. The molecule has 156 valence electrons. The van der Waals surface area contributed by atoms with E-state index < -0.39 is 11.7 Å². The van der Waals surface area contributed by atoms with E-state index in [1.54, 1.807) is 0 Å². The first-order valence-electron chi connectivity index (χ1n) is 9.50. The lowest BCUT2D eigenvalue weighted by Gasteiger charge is -2.36. The Morgan fingerprint density at radius 1 is 1.00 bits per heavy atom. The molecule has 2 aliphatic heterocycles. The number of fused-ring (bicyclic) bond motifs is 2. The molecular formula is C21H23ClF3N3O. The molecule has 1 fully saturated rings. The summed E-state index contributed by atoms with van der Waals surface area (Å²) in [6.45, 7) is 6.59. The first kappa shape index (κ1) is 21.5. The third-order valence-electron chi connectivity index (χ3n) is 5.07. The van der Waals surface area contributed by atoms with Gasteiger partial charge >= 0.3 is 6.18 Å². The second-order valence-corrected chi connectivity index (χ2v) is 7.04. The van der Waals surface area contributed by atoms with Crippen LogP contribution in [0.1, 0.15) is 24.5 Å². The van der Waals surface area contributed by atoms with Crippen molar-refractivity contribution in [2.24, 2.45) is 4.99 Å². The summed E-state index contributed by atoms with van der Waals surface area (Å²) in [6, 6.07) is 10.9. The van der Waals surface area contributed by atoms with E-state index in [1.807, 2.05) is 24.3 Å². The van der Waals surface area contributed by atoms with Gasteiger partial charge < -0.3 is 9.64 Å². The molecule has 0 bridgehead atoms. The number of rotatable bonds is 2. The summed E-state index contributed by atoms with van der Waals surface area (Å²) in [5.41, 5.74) is 0.282. The normalized spacial score (nSPS) is 16.7. The largest absolute Gasteiger partial charge is 0.454 e. The minimum atomic E-state index is -4.42. The number of para-hydroxylation sites is 1. The second-order valence-electron chi connectivity index (χ2n) is 7.04. The summed E-state index contributed by atoms with van der Waals surface area (Å²) >= 11 is 0. The Bertz CT molecular complexity index is 893. The van der Waals surface area contributed by atoms with Gasteiger partial charge in [-0.05, 0) is 43.3 Å². The molecule has 0 N–H and O–H groups in total. The van der Waals surface area contributed by atoms with Crippen molar-refractivity contribution in [3.63, 3.8) is 0 Å². The number of hydrogen-bond donors (Lipinski definition) is 0. The molecule has 0 saturated carbocycles. The molecule has 8 heteroatoms. The van der Waals surface area contributed by atoms with Crippen molar-refractivity contribution in [1.82, 2.24) is 9.80 Å². The lowest BCUT2D eigenvalue weighted by molar-refractivity contribution is -0.137. The summed E-state index contributed by atoms with van der Waals surface area (Å²) < 4.78 is 45.5. The van der Waals surface area contributed by atoms with Gasteiger partial charge in [0.25, 0.3) is 0 Å². The highest BCUT2D eigenvalue weighted by Crippen LogP contribution is 2.41. The molecular weight excluding hydrogens is 403 g/mol. The van der Waals surface area contributed by atoms with Gasteiger partial charge in [0, 0.05) is 26.2 Å². The Labute approximate surface area is 174 Å². The molecule has 4 nitrogen and oxygen atoms in total. The zero-order valence-electron chi connectivity index (χ0n) is 16.1. The van der Waals surface area contributed by atoms with Crippen LogP contribution in [-0.2, 0) is 6.18 Å².